The van der Waals surface area contributed by atoms with E-state index in [4.69, 9.17) is 15.0 Å². The number of ether oxygens (including phenoxy) is 1. The summed E-state index contributed by atoms with van der Waals surface area (Å²) in [5, 5.41) is 5.22. The number of furan rings is 1. The van der Waals surface area contributed by atoms with E-state index in [-0.39, 0.29) is 6.04 Å². The zero-order chi connectivity index (χ0) is 14.1. The highest BCUT2D eigenvalue weighted by molar-refractivity contribution is 5.78. The standard InChI is InChI=1S/C14H16N4O2/c1-18-14(12(19-2)8-16-18)13(17-15)11-7-9-5-3-4-6-10(9)20-11/h3-8,13,17H,15H2,1-2H3. The summed E-state index contributed by atoms with van der Waals surface area (Å²) in [6, 6.07) is 9.46. The van der Waals surface area contributed by atoms with Crippen molar-refractivity contribution < 1.29 is 9.15 Å². The molecule has 0 saturated heterocycles. The fourth-order valence-electron chi connectivity index (χ4n) is 2.35. The highest BCUT2D eigenvalue weighted by Gasteiger charge is 2.24. The molecule has 3 rings (SSSR count). The van der Waals surface area contributed by atoms with Gasteiger partial charge >= 0.3 is 0 Å². The molecule has 0 aliphatic rings. The molecule has 6 nitrogen and oxygen atoms in total. The maximum absolute atomic E-state index is 5.86. The van der Waals surface area contributed by atoms with Crippen molar-refractivity contribution in [3.05, 3.63) is 48.0 Å². The Morgan fingerprint density at radius 2 is 2.20 bits per heavy atom. The summed E-state index contributed by atoms with van der Waals surface area (Å²) < 4.78 is 12.9. The van der Waals surface area contributed by atoms with Crippen LogP contribution in [0.2, 0.25) is 0 Å². The van der Waals surface area contributed by atoms with Crippen LogP contribution in [-0.2, 0) is 7.05 Å². The third-order valence-corrected chi connectivity index (χ3v) is 3.34. The first-order valence-corrected chi connectivity index (χ1v) is 6.25. The summed E-state index contributed by atoms with van der Waals surface area (Å²) in [6.07, 6.45) is 1.66. The van der Waals surface area contributed by atoms with Crippen molar-refractivity contribution in [1.29, 1.82) is 0 Å². The van der Waals surface area contributed by atoms with E-state index in [9.17, 15) is 0 Å². The van der Waals surface area contributed by atoms with E-state index in [1.54, 1.807) is 18.0 Å². The number of benzene rings is 1. The summed E-state index contributed by atoms with van der Waals surface area (Å²) >= 11 is 0. The highest BCUT2D eigenvalue weighted by atomic mass is 16.5. The van der Waals surface area contributed by atoms with Gasteiger partial charge in [-0.1, -0.05) is 18.2 Å². The van der Waals surface area contributed by atoms with Crippen LogP contribution in [0.15, 0.2) is 40.9 Å². The van der Waals surface area contributed by atoms with Gasteiger partial charge in [-0.3, -0.25) is 10.5 Å². The Kier molecular flexibility index (Phi) is 3.17. The van der Waals surface area contributed by atoms with E-state index in [0.29, 0.717) is 5.75 Å². The van der Waals surface area contributed by atoms with E-state index in [1.807, 2.05) is 37.4 Å². The topological polar surface area (TPSA) is 78.2 Å². The molecule has 6 heteroatoms. The molecule has 1 atom stereocenters. The predicted octanol–water partition coefficient (Wildman–Crippen LogP) is 1.73. The number of hydrazine groups is 1. The lowest BCUT2D eigenvalue weighted by atomic mass is 10.1. The second-order valence-corrected chi connectivity index (χ2v) is 4.51. The van der Waals surface area contributed by atoms with Gasteiger partial charge in [-0.15, -0.1) is 0 Å². The second kappa shape index (κ2) is 4.99. The molecule has 0 amide bonds. The quantitative estimate of drug-likeness (QED) is 0.558. The van der Waals surface area contributed by atoms with E-state index in [0.717, 1.165) is 22.4 Å². The van der Waals surface area contributed by atoms with Crippen molar-refractivity contribution >= 4 is 11.0 Å². The molecule has 0 spiro atoms. The molecule has 104 valence electrons. The van der Waals surface area contributed by atoms with Crippen LogP contribution >= 0.6 is 0 Å². The van der Waals surface area contributed by atoms with Crippen LogP contribution in [0.1, 0.15) is 17.5 Å². The van der Waals surface area contributed by atoms with Crippen LogP contribution in [0.25, 0.3) is 11.0 Å². The molecule has 20 heavy (non-hydrogen) atoms. The number of hydrogen-bond acceptors (Lipinski definition) is 5. The largest absolute Gasteiger partial charge is 0.493 e. The van der Waals surface area contributed by atoms with Gasteiger partial charge in [0.25, 0.3) is 0 Å². The predicted molar refractivity (Wildman–Crippen MR) is 75.1 cm³/mol. The summed E-state index contributed by atoms with van der Waals surface area (Å²) in [7, 11) is 3.44. The van der Waals surface area contributed by atoms with Gasteiger partial charge in [0.1, 0.15) is 23.1 Å². The number of hydrogen-bond donors (Lipinski definition) is 2. The van der Waals surface area contributed by atoms with Gasteiger partial charge in [0.2, 0.25) is 0 Å². The number of aromatic nitrogens is 2. The average Bonchev–Trinajstić information content (AvgIpc) is 3.04. The summed E-state index contributed by atoms with van der Waals surface area (Å²) in [5.41, 5.74) is 4.40. The molecule has 0 fully saturated rings. The molecule has 1 aromatic carbocycles. The molecule has 2 heterocycles. The van der Waals surface area contributed by atoms with Gasteiger partial charge in [0, 0.05) is 12.4 Å². The fourth-order valence-corrected chi connectivity index (χ4v) is 2.35. The minimum atomic E-state index is -0.329. The molecule has 3 aromatic rings. The van der Waals surface area contributed by atoms with E-state index in [2.05, 4.69) is 10.5 Å². The summed E-state index contributed by atoms with van der Waals surface area (Å²) in [6.45, 7) is 0. The highest BCUT2D eigenvalue weighted by Crippen LogP contribution is 2.32. The maximum Gasteiger partial charge on any atom is 0.162 e. The number of rotatable bonds is 4. The fraction of sp³-hybridized carbons (Fsp3) is 0.214. The number of nitrogens with one attached hydrogen (secondary N) is 1. The monoisotopic (exact) mass is 272 g/mol. The van der Waals surface area contributed by atoms with Gasteiger partial charge in [0.05, 0.1) is 13.3 Å². The molecule has 0 saturated carbocycles. The molecule has 3 N–H and O–H groups in total. The summed E-state index contributed by atoms with van der Waals surface area (Å²) in [4.78, 5) is 0. The third-order valence-electron chi connectivity index (χ3n) is 3.34. The van der Waals surface area contributed by atoms with Crippen molar-refractivity contribution in [3.8, 4) is 5.75 Å². The average molecular weight is 272 g/mol. The lowest BCUT2D eigenvalue weighted by Crippen LogP contribution is -2.30. The molecule has 0 aliphatic heterocycles. The van der Waals surface area contributed by atoms with Gasteiger partial charge in [-0.2, -0.15) is 5.10 Å². The van der Waals surface area contributed by atoms with Crippen LogP contribution in [0.3, 0.4) is 0 Å². The Hall–Kier alpha value is -2.31. The Balaban J connectivity index is 2.11. The number of fused-ring (bicyclic) bond motifs is 1. The smallest absolute Gasteiger partial charge is 0.162 e. The SMILES string of the molecule is COc1cnn(C)c1C(NN)c1cc2ccccc2o1. The Bertz CT molecular complexity index is 699. The van der Waals surface area contributed by atoms with Crippen LogP contribution in [-0.4, -0.2) is 16.9 Å². The minimum Gasteiger partial charge on any atom is -0.493 e. The van der Waals surface area contributed by atoms with E-state index in [1.165, 1.54) is 0 Å². The van der Waals surface area contributed by atoms with Crippen molar-refractivity contribution in [3.63, 3.8) is 0 Å². The zero-order valence-corrected chi connectivity index (χ0v) is 11.3. The molecule has 1 unspecified atom stereocenters. The Labute approximate surface area is 116 Å². The van der Waals surface area contributed by atoms with E-state index >= 15 is 0 Å². The summed E-state index contributed by atoms with van der Waals surface area (Å²) in [5.74, 6) is 7.08. The molecule has 0 radical (unpaired) electrons. The normalized spacial score (nSPS) is 12.8. The van der Waals surface area contributed by atoms with Crippen molar-refractivity contribution in [2.24, 2.45) is 12.9 Å². The number of para-hydroxylation sites is 1. The van der Waals surface area contributed by atoms with Crippen molar-refractivity contribution in [2.45, 2.75) is 6.04 Å². The molecule has 2 aromatic heterocycles. The number of methoxy groups -OCH3 is 1. The third kappa shape index (κ3) is 1.95. The molecule has 0 bridgehead atoms. The molecular formula is C14H16N4O2. The van der Waals surface area contributed by atoms with Crippen molar-refractivity contribution in [1.82, 2.24) is 15.2 Å². The number of nitrogens with zero attached hydrogens (tertiary/aromatic N) is 2. The number of nitrogens with two attached hydrogens (primary N) is 1. The minimum absolute atomic E-state index is 0.329. The molecule has 0 aliphatic carbocycles. The van der Waals surface area contributed by atoms with Crippen LogP contribution in [0.4, 0.5) is 0 Å². The lowest BCUT2D eigenvalue weighted by molar-refractivity contribution is 0.391. The van der Waals surface area contributed by atoms with Gasteiger partial charge < -0.3 is 9.15 Å². The Morgan fingerprint density at radius 3 is 2.90 bits per heavy atom. The maximum atomic E-state index is 5.86. The van der Waals surface area contributed by atoms with E-state index < -0.39 is 0 Å². The zero-order valence-electron chi connectivity index (χ0n) is 11.3. The second-order valence-electron chi connectivity index (χ2n) is 4.51. The first kappa shape index (κ1) is 12.7. The van der Waals surface area contributed by atoms with Crippen LogP contribution < -0.4 is 16.0 Å². The van der Waals surface area contributed by atoms with Crippen LogP contribution in [0, 0.1) is 0 Å². The lowest BCUT2D eigenvalue weighted by Gasteiger charge is -2.15. The first-order chi connectivity index (χ1) is 9.74. The Morgan fingerprint density at radius 1 is 1.40 bits per heavy atom. The number of aryl methyl sites for hydroxylation is 1. The van der Waals surface area contributed by atoms with Crippen LogP contribution in [0.5, 0.6) is 5.75 Å². The van der Waals surface area contributed by atoms with Gasteiger partial charge in [-0.05, 0) is 12.1 Å². The van der Waals surface area contributed by atoms with Gasteiger partial charge in [-0.25, -0.2) is 5.43 Å². The first-order valence-electron chi connectivity index (χ1n) is 6.25. The van der Waals surface area contributed by atoms with Crippen molar-refractivity contribution in [2.75, 3.05) is 7.11 Å². The van der Waals surface area contributed by atoms with Gasteiger partial charge in [0.15, 0.2) is 5.75 Å². The molecular weight excluding hydrogens is 256 g/mol.